The number of imidazole rings is 1. The van der Waals surface area contributed by atoms with Crippen LogP contribution in [0.15, 0.2) is 42.0 Å². The summed E-state index contributed by atoms with van der Waals surface area (Å²) < 4.78 is 1.96. The Balaban J connectivity index is 1.29. The number of likely N-dealkylation sites (tertiary alicyclic amines) is 1. The van der Waals surface area contributed by atoms with Crippen molar-refractivity contribution in [1.82, 2.24) is 14.3 Å². The molecule has 3 aromatic rings. The van der Waals surface area contributed by atoms with Crippen LogP contribution >= 0.6 is 11.3 Å². The summed E-state index contributed by atoms with van der Waals surface area (Å²) in [6.45, 7) is 1.40. The van der Waals surface area contributed by atoms with Gasteiger partial charge in [-0.05, 0) is 30.4 Å². The Morgan fingerprint density at radius 3 is 2.92 bits per heavy atom. The number of rotatable bonds is 2. The number of benzene rings is 1. The molecule has 1 fully saturated rings. The molecule has 0 bridgehead atoms. The van der Waals surface area contributed by atoms with Crippen molar-refractivity contribution < 1.29 is 9.90 Å². The zero-order chi connectivity index (χ0) is 17.7. The van der Waals surface area contributed by atoms with Crippen LogP contribution in [-0.4, -0.2) is 44.5 Å². The van der Waals surface area contributed by atoms with Crippen LogP contribution in [0.25, 0.3) is 4.96 Å². The maximum absolute atomic E-state index is 12.7. The number of thiazole rings is 1. The molecule has 1 N–H and O–H groups in total. The zero-order valence-electron chi connectivity index (χ0n) is 14.5. The summed E-state index contributed by atoms with van der Waals surface area (Å²) in [6, 6.07) is 8.37. The van der Waals surface area contributed by atoms with Crippen molar-refractivity contribution in [1.29, 1.82) is 0 Å². The van der Waals surface area contributed by atoms with Crippen LogP contribution in [0.3, 0.4) is 0 Å². The highest BCUT2D eigenvalue weighted by molar-refractivity contribution is 7.15. The van der Waals surface area contributed by atoms with E-state index in [1.807, 2.05) is 33.1 Å². The first-order valence-electron chi connectivity index (χ1n) is 9.11. The Bertz CT molecular complexity index is 940. The van der Waals surface area contributed by atoms with Gasteiger partial charge in [0.25, 0.3) is 0 Å². The second kappa shape index (κ2) is 5.93. The summed E-state index contributed by atoms with van der Waals surface area (Å²) in [7, 11) is 0. The lowest BCUT2D eigenvalue weighted by Gasteiger charge is -2.42. The van der Waals surface area contributed by atoms with E-state index in [1.54, 1.807) is 11.3 Å². The zero-order valence-corrected chi connectivity index (χ0v) is 15.3. The highest BCUT2D eigenvalue weighted by Gasteiger charge is 2.47. The van der Waals surface area contributed by atoms with Crippen LogP contribution in [0.5, 0.6) is 0 Å². The van der Waals surface area contributed by atoms with Gasteiger partial charge in [-0.1, -0.05) is 24.3 Å². The number of aromatic nitrogens is 2. The standard InChI is InChI=1S/C20H21N3O2S/c24-17-11-14-3-1-2-4-16(14)20(17)5-7-22(8-6-20)18(25)12-15-13-23-9-10-26-19(23)21-15/h1-4,9-10,13,17,24H,5-8,11-12H2/t17-/m1/s1. The van der Waals surface area contributed by atoms with Gasteiger partial charge in [0.2, 0.25) is 5.91 Å². The molecule has 1 atom stereocenters. The Kier molecular flexibility index (Phi) is 3.65. The summed E-state index contributed by atoms with van der Waals surface area (Å²) in [5, 5.41) is 12.7. The van der Waals surface area contributed by atoms with Crippen LogP contribution < -0.4 is 0 Å². The minimum atomic E-state index is -0.336. The van der Waals surface area contributed by atoms with Crippen molar-refractivity contribution in [3.8, 4) is 0 Å². The molecule has 5 rings (SSSR count). The number of hydrogen-bond donors (Lipinski definition) is 1. The van der Waals surface area contributed by atoms with Gasteiger partial charge in [0, 0.05) is 36.3 Å². The lowest BCUT2D eigenvalue weighted by atomic mass is 9.72. The van der Waals surface area contributed by atoms with Crippen LogP contribution in [0.2, 0.25) is 0 Å². The van der Waals surface area contributed by atoms with Gasteiger partial charge in [0.1, 0.15) is 0 Å². The number of carbonyl (C=O) groups is 1. The van der Waals surface area contributed by atoms with Gasteiger partial charge in [-0.15, -0.1) is 11.3 Å². The van der Waals surface area contributed by atoms with E-state index < -0.39 is 0 Å². The second-order valence-corrected chi connectivity index (χ2v) is 8.29. The maximum atomic E-state index is 12.7. The van der Waals surface area contributed by atoms with Crippen LogP contribution in [0.1, 0.15) is 29.7 Å². The highest BCUT2D eigenvalue weighted by Crippen LogP contribution is 2.46. The highest BCUT2D eigenvalue weighted by atomic mass is 32.1. The minimum absolute atomic E-state index is 0.131. The number of hydrogen-bond acceptors (Lipinski definition) is 4. The van der Waals surface area contributed by atoms with Gasteiger partial charge in [0.15, 0.2) is 4.96 Å². The molecule has 0 saturated carbocycles. The summed E-state index contributed by atoms with van der Waals surface area (Å²) in [5.41, 5.74) is 3.20. The molecule has 1 amide bonds. The van der Waals surface area contributed by atoms with Gasteiger partial charge in [-0.2, -0.15) is 0 Å². The molecule has 1 saturated heterocycles. The van der Waals surface area contributed by atoms with Gasteiger partial charge in [-0.25, -0.2) is 4.98 Å². The molecule has 1 spiro atoms. The molecule has 1 aliphatic heterocycles. The van der Waals surface area contributed by atoms with Crippen molar-refractivity contribution in [2.75, 3.05) is 13.1 Å². The van der Waals surface area contributed by atoms with Gasteiger partial charge in [-0.3, -0.25) is 9.20 Å². The largest absolute Gasteiger partial charge is 0.392 e. The van der Waals surface area contributed by atoms with E-state index in [1.165, 1.54) is 11.1 Å². The average Bonchev–Trinajstić information content (AvgIpc) is 3.30. The van der Waals surface area contributed by atoms with Crippen LogP contribution in [0.4, 0.5) is 0 Å². The van der Waals surface area contributed by atoms with Crippen molar-refractivity contribution in [3.63, 3.8) is 0 Å². The number of fused-ring (bicyclic) bond motifs is 3. The van der Waals surface area contributed by atoms with E-state index in [0.29, 0.717) is 19.5 Å². The van der Waals surface area contributed by atoms with E-state index in [-0.39, 0.29) is 17.4 Å². The fourth-order valence-electron chi connectivity index (χ4n) is 4.65. The summed E-state index contributed by atoms with van der Waals surface area (Å²) in [5.74, 6) is 0.131. The quantitative estimate of drug-likeness (QED) is 0.757. The Hall–Kier alpha value is -2.18. The maximum Gasteiger partial charge on any atom is 0.228 e. The lowest BCUT2D eigenvalue weighted by Crippen LogP contribution is -2.49. The number of aliphatic hydroxyl groups excluding tert-OH is 1. The van der Waals surface area contributed by atoms with E-state index in [9.17, 15) is 9.90 Å². The Labute approximate surface area is 155 Å². The molecule has 2 aliphatic rings. The number of piperidine rings is 1. The SMILES string of the molecule is O=C(Cc1cn2ccsc2n1)N1CCC2(CC1)c1ccccc1C[C@H]2O. The predicted octanol–water partition coefficient (Wildman–Crippen LogP) is 2.42. The molecule has 134 valence electrons. The summed E-state index contributed by atoms with van der Waals surface area (Å²) in [4.78, 5) is 20.1. The summed E-state index contributed by atoms with van der Waals surface area (Å²) >= 11 is 1.58. The van der Waals surface area contributed by atoms with E-state index in [2.05, 4.69) is 23.2 Å². The van der Waals surface area contributed by atoms with Crippen molar-refractivity contribution in [3.05, 3.63) is 58.9 Å². The molecule has 3 heterocycles. The fraction of sp³-hybridized carbons (Fsp3) is 0.400. The van der Waals surface area contributed by atoms with Crippen molar-refractivity contribution in [2.45, 2.75) is 37.2 Å². The van der Waals surface area contributed by atoms with E-state index >= 15 is 0 Å². The minimum Gasteiger partial charge on any atom is -0.392 e. The molecule has 2 aromatic heterocycles. The Morgan fingerprint density at radius 2 is 2.12 bits per heavy atom. The molecule has 0 radical (unpaired) electrons. The van der Waals surface area contributed by atoms with Crippen molar-refractivity contribution >= 4 is 22.2 Å². The van der Waals surface area contributed by atoms with Crippen LogP contribution in [0, 0.1) is 0 Å². The first kappa shape index (κ1) is 16.0. The van der Waals surface area contributed by atoms with Gasteiger partial charge in [0.05, 0.1) is 18.2 Å². The summed E-state index contributed by atoms with van der Waals surface area (Å²) in [6.07, 6.45) is 6.30. The van der Waals surface area contributed by atoms with Crippen molar-refractivity contribution in [2.24, 2.45) is 0 Å². The smallest absolute Gasteiger partial charge is 0.228 e. The number of amides is 1. The lowest BCUT2D eigenvalue weighted by molar-refractivity contribution is -0.132. The van der Waals surface area contributed by atoms with Gasteiger partial charge < -0.3 is 10.0 Å². The molecule has 26 heavy (non-hydrogen) atoms. The molecule has 5 nitrogen and oxygen atoms in total. The third-order valence-corrected chi connectivity index (χ3v) is 6.86. The number of aliphatic hydroxyl groups is 1. The first-order valence-corrected chi connectivity index (χ1v) is 9.99. The molecular weight excluding hydrogens is 346 g/mol. The van der Waals surface area contributed by atoms with E-state index in [4.69, 9.17) is 0 Å². The first-order chi connectivity index (χ1) is 12.7. The third-order valence-electron chi connectivity index (χ3n) is 6.09. The van der Waals surface area contributed by atoms with Gasteiger partial charge >= 0.3 is 0 Å². The predicted molar refractivity (Wildman–Crippen MR) is 100 cm³/mol. The molecule has 1 aliphatic carbocycles. The monoisotopic (exact) mass is 367 g/mol. The number of carbonyl (C=O) groups excluding carboxylic acids is 1. The molecule has 6 heteroatoms. The normalized spacial score (nSPS) is 21.4. The topological polar surface area (TPSA) is 57.8 Å². The van der Waals surface area contributed by atoms with E-state index in [0.717, 1.165) is 29.9 Å². The molecular formula is C20H21N3O2S. The Morgan fingerprint density at radius 1 is 1.31 bits per heavy atom. The number of nitrogens with zero attached hydrogens (tertiary/aromatic N) is 3. The molecule has 0 unspecified atom stereocenters. The molecule has 1 aromatic carbocycles. The fourth-order valence-corrected chi connectivity index (χ4v) is 5.37. The second-order valence-electron chi connectivity index (χ2n) is 7.42. The van der Waals surface area contributed by atoms with Crippen LogP contribution in [-0.2, 0) is 23.1 Å². The third kappa shape index (κ3) is 2.40. The average molecular weight is 367 g/mol.